The summed E-state index contributed by atoms with van der Waals surface area (Å²) in [4.78, 5) is 35.0. The first-order valence-electron chi connectivity index (χ1n) is 8.30. The van der Waals surface area contributed by atoms with Crippen molar-refractivity contribution in [3.05, 3.63) is 29.3 Å². The predicted octanol–water partition coefficient (Wildman–Crippen LogP) is 1.37. The second kappa shape index (κ2) is 7.35. The minimum atomic E-state index is -0.189. The fourth-order valence-corrected chi connectivity index (χ4v) is 3.97. The summed E-state index contributed by atoms with van der Waals surface area (Å²) < 4.78 is 0. The maximum Gasteiger partial charge on any atom is 0.315 e. The highest BCUT2D eigenvalue weighted by Crippen LogP contribution is 2.26. The van der Waals surface area contributed by atoms with E-state index in [1.54, 1.807) is 0 Å². The highest BCUT2D eigenvalue weighted by Gasteiger charge is 2.26. The SMILES string of the molecule is CC1CNC(=O)NC1SCC(=O)N[C@H](C)c1ccc2c(c1)CC(=O)N2. The minimum absolute atomic E-state index is 0.00150. The second-order valence-electron chi connectivity index (χ2n) is 6.49. The van der Waals surface area contributed by atoms with Gasteiger partial charge < -0.3 is 21.3 Å². The Morgan fingerprint density at radius 2 is 2.20 bits per heavy atom. The van der Waals surface area contributed by atoms with Crippen LogP contribution in [0.2, 0.25) is 0 Å². The van der Waals surface area contributed by atoms with Gasteiger partial charge in [-0.05, 0) is 24.1 Å². The van der Waals surface area contributed by atoms with Gasteiger partial charge >= 0.3 is 6.03 Å². The van der Waals surface area contributed by atoms with Crippen LogP contribution in [0.1, 0.15) is 31.0 Å². The van der Waals surface area contributed by atoms with E-state index >= 15 is 0 Å². The van der Waals surface area contributed by atoms with Gasteiger partial charge in [0.05, 0.1) is 23.6 Å². The van der Waals surface area contributed by atoms with E-state index < -0.39 is 0 Å². The molecule has 2 heterocycles. The van der Waals surface area contributed by atoms with Crippen molar-refractivity contribution >= 4 is 35.3 Å². The summed E-state index contributed by atoms with van der Waals surface area (Å²) in [6.07, 6.45) is 0.382. The number of nitrogens with one attached hydrogen (secondary N) is 4. The number of fused-ring (bicyclic) bond motifs is 1. The molecule has 0 bridgehead atoms. The smallest absolute Gasteiger partial charge is 0.315 e. The zero-order valence-corrected chi connectivity index (χ0v) is 15.0. The van der Waals surface area contributed by atoms with Crippen molar-refractivity contribution in [1.29, 1.82) is 0 Å². The van der Waals surface area contributed by atoms with E-state index in [1.807, 2.05) is 32.0 Å². The molecule has 0 spiro atoms. The first-order valence-corrected chi connectivity index (χ1v) is 9.35. The largest absolute Gasteiger partial charge is 0.349 e. The molecule has 0 aromatic heterocycles. The van der Waals surface area contributed by atoms with E-state index in [9.17, 15) is 14.4 Å². The van der Waals surface area contributed by atoms with Gasteiger partial charge in [-0.2, -0.15) is 0 Å². The standard InChI is InChI=1S/C17H22N4O3S/c1-9-7-18-17(24)21-16(9)25-8-15(23)19-10(2)11-3-4-13-12(5-11)6-14(22)20-13/h3-5,9-10,16H,6-8H2,1-2H3,(H,19,23)(H,20,22)(H2,18,21,24)/t9?,10-,16?/m1/s1. The molecule has 4 amide bonds. The van der Waals surface area contributed by atoms with Crippen LogP contribution in [0.4, 0.5) is 10.5 Å². The maximum atomic E-state index is 12.2. The quantitative estimate of drug-likeness (QED) is 0.636. The molecular formula is C17H22N4O3S. The lowest BCUT2D eigenvalue weighted by molar-refractivity contribution is -0.119. The van der Waals surface area contributed by atoms with Crippen LogP contribution in [0, 0.1) is 5.92 Å². The fraction of sp³-hybridized carbons (Fsp3) is 0.471. The molecular weight excluding hydrogens is 340 g/mol. The first kappa shape index (κ1) is 17.6. The van der Waals surface area contributed by atoms with Crippen LogP contribution >= 0.6 is 11.8 Å². The van der Waals surface area contributed by atoms with Crippen molar-refractivity contribution in [2.75, 3.05) is 17.6 Å². The van der Waals surface area contributed by atoms with E-state index in [-0.39, 0.29) is 40.9 Å². The summed E-state index contributed by atoms with van der Waals surface area (Å²) in [6, 6.07) is 5.41. The Morgan fingerprint density at radius 1 is 1.40 bits per heavy atom. The first-order chi connectivity index (χ1) is 11.9. The van der Waals surface area contributed by atoms with Gasteiger partial charge in [0.15, 0.2) is 0 Å². The summed E-state index contributed by atoms with van der Waals surface area (Å²) in [5.74, 6) is 0.463. The van der Waals surface area contributed by atoms with Crippen molar-refractivity contribution in [2.24, 2.45) is 5.92 Å². The number of urea groups is 1. The van der Waals surface area contributed by atoms with Crippen molar-refractivity contribution in [3.63, 3.8) is 0 Å². The average Bonchev–Trinajstić information content (AvgIpc) is 2.94. The number of carbonyl (C=O) groups is 3. The highest BCUT2D eigenvalue weighted by molar-refractivity contribution is 8.00. The van der Waals surface area contributed by atoms with E-state index in [1.165, 1.54) is 11.8 Å². The van der Waals surface area contributed by atoms with Gasteiger partial charge in [-0.3, -0.25) is 9.59 Å². The number of hydrogen-bond donors (Lipinski definition) is 4. The molecule has 3 rings (SSSR count). The molecule has 0 saturated carbocycles. The van der Waals surface area contributed by atoms with Crippen molar-refractivity contribution in [3.8, 4) is 0 Å². The molecule has 0 radical (unpaired) electrons. The van der Waals surface area contributed by atoms with Gasteiger partial charge in [-0.1, -0.05) is 19.1 Å². The fourth-order valence-electron chi connectivity index (χ4n) is 2.94. The van der Waals surface area contributed by atoms with Gasteiger partial charge in [0.25, 0.3) is 0 Å². The molecule has 134 valence electrons. The van der Waals surface area contributed by atoms with Crippen molar-refractivity contribution < 1.29 is 14.4 Å². The van der Waals surface area contributed by atoms with E-state index in [0.717, 1.165) is 16.8 Å². The molecule has 2 unspecified atom stereocenters. The Bertz CT molecular complexity index is 709. The van der Waals surface area contributed by atoms with E-state index in [2.05, 4.69) is 21.3 Å². The molecule has 2 aliphatic rings. The third-order valence-electron chi connectivity index (χ3n) is 4.40. The zero-order chi connectivity index (χ0) is 18.0. The summed E-state index contributed by atoms with van der Waals surface area (Å²) in [7, 11) is 0. The highest BCUT2D eigenvalue weighted by atomic mass is 32.2. The van der Waals surface area contributed by atoms with Gasteiger partial charge in [0.1, 0.15) is 0 Å². The van der Waals surface area contributed by atoms with Gasteiger partial charge in [-0.25, -0.2) is 4.79 Å². The summed E-state index contributed by atoms with van der Waals surface area (Å²) in [5, 5.41) is 11.3. The van der Waals surface area contributed by atoms with Crippen LogP contribution in [0.15, 0.2) is 18.2 Å². The molecule has 4 N–H and O–H groups in total. The van der Waals surface area contributed by atoms with E-state index in [4.69, 9.17) is 0 Å². The van der Waals surface area contributed by atoms with Crippen molar-refractivity contribution in [2.45, 2.75) is 31.7 Å². The molecule has 0 aliphatic carbocycles. The lowest BCUT2D eigenvalue weighted by Gasteiger charge is -2.29. The molecule has 8 heteroatoms. The monoisotopic (exact) mass is 362 g/mol. The summed E-state index contributed by atoms with van der Waals surface area (Å²) >= 11 is 1.44. The number of anilines is 1. The number of benzene rings is 1. The number of hydrogen-bond acceptors (Lipinski definition) is 4. The van der Waals surface area contributed by atoms with Gasteiger partial charge in [-0.15, -0.1) is 11.8 Å². The van der Waals surface area contributed by atoms with Crippen LogP contribution < -0.4 is 21.3 Å². The second-order valence-corrected chi connectivity index (χ2v) is 7.62. The van der Waals surface area contributed by atoms with Crippen LogP contribution in [0.25, 0.3) is 0 Å². The molecule has 3 atom stereocenters. The summed E-state index contributed by atoms with van der Waals surface area (Å²) in [6.45, 7) is 4.57. The minimum Gasteiger partial charge on any atom is -0.349 e. The van der Waals surface area contributed by atoms with Crippen molar-refractivity contribution in [1.82, 2.24) is 16.0 Å². The number of rotatable bonds is 5. The molecule has 1 aromatic carbocycles. The van der Waals surface area contributed by atoms with Crippen LogP contribution in [0.3, 0.4) is 0 Å². The topological polar surface area (TPSA) is 99.3 Å². The Kier molecular flexibility index (Phi) is 5.17. The number of carbonyl (C=O) groups excluding carboxylic acids is 3. The van der Waals surface area contributed by atoms with E-state index in [0.29, 0.717) is 13.0 Å². The molecule has 25 heavy (non-hydrogen) atoms. The third kappa shape index (κ3) is 4.25. The number of amides is 4. The normalized spacial score (nSPS) is 23.1. The Morgan fingerprint density at radius 3 is 3.00 bits per heavy atom. The Balaban J connectivity index is 1.52. The lowest BCUT2D eigenvalue weighted by Crippen LogP contribution is -2.53. The lowest BCUT2D eigenvalue weighted by atomic mass is 10.0. The average molecular weight is 362 g/mol. The molecule has 1 aromatic rings. The molecule has 7 nitrogen and oxygen atoms in total. The summed E-state index contributed by atoms with van der Waals surface area (Å²) in [5.41, 5.74) is 2.78. The van der Waals surface area contributed by atoms with Crippen LogP contribution in [0.5, 0.6) is 0 Å². The Hall–Kier alpha value is -2.22. The van der Waals surface area contributed by atoms with Crippen LogP contribution in [-0.2, 0) is 16.0 Å². The molecule has 1 fully saturated rings. The van der Waals surface area contributed by atoms with Crippen LogP contribution in [-0.4, -0.2) is 35.5 Å². The maximum absolute atomic E-state index is 12.2. The predicted molar refractivity (Wildman–Crippen MR) is 97.3 cm³/mol. The zero-order valence-electron chi connectivity index (χ0n) is 14.2. The molecule has 1 saturated heterocycles. The van der Waals surface area contributed by atoms with Gasteiger partial charge in [0.2, 0.25) is 11.8 Å². The third-order valence-corrected chi connectivity index (χ3v) is 5.77. The molecule has 2 aliphatic heterocycles. The van der Waals surface area contributed by atoms with Gasteiger partial charge in [0, 0.05) is 18.2 Å². The Labute approximate surface area is 150 Å². The number of thioether (sulfide) groups is 1.